The van der Waals surface area contributed by atoms with Crippen molar-refractivity contribution in [3.8, 4) is 0 Å². The van der Waals surface area contributed by atoms with E-state index in [-0.39, 0.29) is 121 Å². The van der Waals surface area contributed by atoms with E-state index >= 15 is 0 Å². The largest absolute Gasteiger partial charge is 1.00 e. The molecular weight excluding hydrogens is 908 g/mol. The molecule has 2 aliphatic heterocycles. The smallest absolute Gasteiger partial charge is 1.00 e. The van der Waals surface area contributed by atoms with Gasteiger partial charge in [-0.2, -0.15) is 9.97 Å². The van der Waals surface area contributed by atoms with Crippen LogP contribution >= 0.6 is 0 Å². The fourth-order valence-electron chi connectivity index (χ4n) is 5.89. The van der Waals surface area contributed by atoms with Crippen molar-refractivity contribution in [1.29, 1.82) is 0 Å². The van der Waals surface area contributed by atoms with Crippen LogP contribution in [0.1, 0.15) is 83.1 Å². The topological polar surface area (TPSA) is 260 Å². The van der Waals surface area contributed by atoms with Crippen molar-refractivity contribution in [1.82, 2.24) is 39.0 Å². The molecule has 2 fully saturated rings. The van der Waals surface area contributed by atoms with Crippen LogP contribution in [0.5, 0.6) is 0 Å². The molecule has 0 bridgehead atoms. The number of aromatic amines is 2. The number of nitrogens with zero attached hydrogens (tertiary/aromatic N) is 6. The third-order valence-electron chi connectivity index (χ3n) is 12.2. The van der Waals surface area contributed by atoms with Gasteiger partial charge in [0.2, 0.25) is 29.5 Å². The first-order valence-corrected chi connectivity index (χ1v) is 26.9. The summed E-state index contributed by atoms with van der Waals surface area (Å²) in [5.74, 6) is -2.30. The third kappa shape index (κ3) is 12.2. The normalized spacial score (nSPS) is 22.6. The summed E-state index contributed by atoms with van der Waals surface area (Å²) >= 11 is 0. The first kappa shape index (κ1) is 56.8. The van der Waals surface area contributed by atoms with E-state index in [1.165, 1.54) is 21.8 Å². The molecule has 6 rings (SSSR count). The van der Waals surface area contributed by atoms with Crippen LogP contribution in [0, 0.1) is 11.8 Å². The number of anilines is 2. The van der Waals surface area contributed by atoms with E-state index in [4.69, 9.17) is 18.3 Å². The zero-order valence-corrected chi connectivity index (χ0v) is 44.4. The van der Waals surface area contributed by atoms with Gasteiger partial charge in [0.1, 0.15) is 18.3 Å². The number of carbonyl (C=O) groups excluding carboxylic acids is 3. The van der Waals surface area contributed by atoms with E-state index in [2.05, 4.69) is 95.2 Å². The standard InChI is InChI=1S/C20H32FN5O5Si.C20H30FN5O5Si.B.Na.H/c2*1-10(2)16(28)24-19-23-15-13(17(29)25-19)22-9-26(15)18-14(27)12(21)11(31-18)8-30-32(6,7)20(3,4)5;;;/h9-12,14,18,27H,8H2,1-7H3,(H2,23,24,25,28,29);9-12,18H,8H2,1-7H3,(H2,23,24,25,28,29);;;/q;;;+1;-1/t11-,12-,14+,18-;11-,12-,18-;;;/m11.../s1. The zero-order chi connectivity index (χ0) is 48.0. The molecule has 359 valence electrons. The van der Waals surface area contributed by atoms with Gasteiger partial charge in [-0.25, -0.2) is 18.7 Å². The Morgan fingerprint density at radius 3 is 1.62 bits per heavy atom. The van der Waals surface area contributed by atoms with Gasteiger partial charge >= 0.3 is 29.6 Å². The van der Waals surface area contributed by atoms with Crippen molar-refractivity contribution < 1.29 is 77.6 Å². The molecule has 3 radical (unpaired) electrons. The van der Waals surface area contributed by atoms with Crippen LogP contribution in [0.25, 0.3) is 22.3 Å². The summed E-state index contributed by atoms with van der Waals surface area (Å²) in [5.41, 5.74) is -1.18. The number of aliphatic hydroxyl groups excluding tert-OH is 1. The minimum atomic E-state index is -2.17. The molecule has 4 aromatic rings. The van der Waals surface area contributed by atoms with Crippen molar-refractivity contribution in [2.24, 2.45) is 11.8 Å². The second kappa shape index (κ2) is 21.4. The summed E-state index contributed by atoms with van der Waals surface area (Å²) < 4.78 is 55.8. The van der Waals surface area contributed by atoms with Gasteiger partial charge in [-0.3, -0.25) is 53.7 Å². The minimum Gasteiger partial charge on any atom is -1.00 e. The van der Waals surface area contributed by atoms with Crippen LogP contribution in [-0.4, -0.2) is 131 Å². The number of fused-ring (bicyclic) bond motifs is 2. The van der Waals surface area contributed by atoms with Gasteiger partial charge in [-0.1, -0.05) is 69.2 Å². The number of halogens is 2. The van der Waals surface area contributed by atoms with Crippen molar-refractivity contribution in [3.63, 3.8) is 0 Å². The predicted octanol–water partition coefficient (Wildman–Crippen LogP) is 1.61. The molecule has 0 aliphatic carbocycles. The molecule has 0 unspecified atom stereocenters. The molecule has 0 spiro atoms. The monoisotopic (exact) mass is 971 g/mol. The maximum Gasteiger partial charge on any atom is 1.00 e. The Morgan fingerprint density at radius 2 is 1.20 bits per heavy atom. The van der Waals surface area contributed by atoms with E-state index in [1.54, 1.807) is 27.7 Å². The minimum absolute atomic E-state index is 0. The number of hydrogen-bond donors (Lipinski definition) is 5. The Bertz CT molecular complexity index is 2500. The first-order valence-electron chi connectivity index (χ1n) is 21.1. The number of H-pyrrole nitrogens is 2. The van der Waals surface area contributed by atoms with E-state index in [0.29, 0.717) is 0 Å². The fourth-order valence-corrected chi connectivity index (χ4v) is 7.91. The van der Waals surface area contributed by atoms with E-state index in [0.717, 1.165) is 0 Å². The summed E-state index contributed by atoms with van der Waals surface area (Å²) in [4.78, 5) is 82.7. The van der Waals surface area contributed by atoms with Gasteiger partial charge in [0.25, 0.3) is 11.1 Å². The molecule has 66 heavy (non-hydrogen) atoms. The number of Topliss-reactive ketones (excluding diaryl/α,β-unsaturated/α-hetero) is 1. The molecule has 2 aliphatic rings. The molecular formula is C40H63BF2N10NaO10Si2. The second-order valence-corrected chi connectivity index (χ2v) is 29.4. The quantitative estimate of drug-likeness (QED) is 0.127. The maximum absolute atomic E-state index is 14.9. The van der Waals surface area contributed by atoms with Gasteiger partial charge < -0.3 is 24.9 Å². The Balaban J connectivity index is 0.000000440. The molecule has 0 saturated carbocycles. The number of rotatable bonds is 12. The van der Waals surface area contributed by atoms with E-state index < -0.39 is 76.6 Å². The number of amides is 2. The van der Waals surface area contributed by atoms with E-state index in [1.807, 2.05) is 13.1 Å². The number of alkyl halides is 2. The average molecular weight is 972 g/mol. The van der Waals surface area contributed by atoms with Gasteiger partial charge in [0.05, 0.1) is 25.9 Å². The summed E-state index contributed by atoms with van der Waals surface area (Å²) in [7, 11) is -4.31. The Labute approximate surface area is 409 Å². The summed E-state index contributed by atoms with van der Waals surface area (Å²) in [5, 5.41) is 15.4. The SMILES string of the molecule is CC(C)C(=O)Nc1nc2c(ncn2[C@@H]2O[C@H](CO[Si](C)(C)C(C)(C)C)[C@@H](F)C2=O)c(=O)[nH]1.CC(C)C(=O)Nc1nc2c(ncn2[C@@H]2O[C@H](CO[Si](C)(C)C(C)(C)C)[C@@H](F)[C@@H]2O)c(=O)[nH]1.[B].[H-].[Na+]. The van der Waals surface area contributed by atoms with Crippen LogP contribution in [0.3, 0.4) is 0 Å². The van der Waals surface area contributed by atoms with Crippen LogP contribution < -0.4 is 51.3 Å². The number of aromatic nitrogens is 8. The third-order valence-corrected chi connectivity index (χ3v) is 21.2. The molecule has 2 saturated heterocycles. The maximum atomic E-state index is 14.9. The number of imidazole rings is 2. The van der Waals surface area contributed by atoms with Gasteiger partial charge in [-0.05, 0) is 36.3 Å². The van der Waals surface area contributed by atoms with Crippen LogP contribution in [0.15, 0.2) is 22.2 Å². The number of ether oxygens (including phenoxy) is 2. The molecule has 6 heterocycles. The van der Waals surface area contributed by atoms with Crippen molar-refractivity contribution >= 4 is 76.9 Å². The van der Waals surface area contributed by atoms with Crippen molar-refractivity contribution in [2.75, 3.05) is 23.8 Å². The fraction of sp³-hybridized carbons (Fsp3) is 0.675. The Morgan fingerprint density at radius 1 is 0.788 bits per heavy atom. The van der Waals surface area contributed by atoms with Gasteiger partial charge in [0, 0.05) is 20.2 Å². The number of hydrogen-bond acceptors (Lipinski definition) is 14. The molecule has 5 N–H and O–H groups in total. The second-order valence-electron chi connectivity index (χ2n) is 19.7. The average Bonchev–Trinajstić information content (AvgIpc) is 3.94. The van der Waals surface area contributed by atoms with Crippen LogP contribution in [0.2, 0.25) is 36.3 Å². The molecule has 20 nitrogen and oxygen atoms in total. The molecule has 26 heteroatoms. The molecule has 4 aromatic heterocycles. The number of aliphatic hydroxyl groups is 1. The predicted molar refractivity (Wildman–Crippen MR) is 245 cm³/mol. The summed E-state index contributed by atoms with van der Waals surface area (Å²) in [6.45, 7) is 27.3. The van der Waals surface area contributed by atoms with Crippen LogP contribution in [-0.2, 0) is 32.7 Å². The summed E-state index contributed by atoms with van der Waals surface area (Å²) in [6.07, 6.45) is -7.17. The number of nitrogens with one attached hydrogen (secondary N) is 4. The van der Waals surface area contributed by atoms with Gasteiger partial charge in [-0.15, -0.1) is 0 Å². The van der Waals surface area contributed by atoms with Crippen LogP contribution in [0.4, 0.5) is 20.7 Å². The van der Waals surface area contributed by atoms with E-state index in [9.17, 15) is 37.9 Å². The van der Waals surface area contributed by atoms with Gasteiger partial charge in [0.15, 0.2) is 63.8 Å². The number of ketones is 1. The molecule has 2 amide bonds. The summed E-state index contributed by atoms with van der Waals surface area (Å²) in [6, 6.07) is 0. The Kier molecular flexibility index (Phi) is 18.4. The number of carbonyl (C=O) groups is 3. The molecule has 7 atom stereocenters. The van der Waals surface area contributed by atoms with Crippen molar-refractivity contribution in [2.45, 2.75) is 149 Å². The van der Waals surface area contributed by atoms with Crippen molar-refractivity contribution in [3.05, 3.63) is 33.4 Å². The Hall–Kier alpha value is -3.53. The first-order chi connectivity index (χ1) is 29.5. The zero-order valence-electron chi connectivity index (χ0n) is 41.4. The molecule has 0 aromatic carbocycles.